The van der Waals surface area contributed by atoms with Gasteiger partial charge >= 0.3 is 0 Å². The van der Waals surface area contributed by atoms with Crippen LogP contribution >= 0.6 is 15.9 Å². The van der Waals surface area contributed by atoms with Gasteiger partial charge in [-0.25, -0.2) is 4.39 Å². The van der Waals surface area contributed by atoms with Gasteiger partial charge in [-0.3, -0.25) is 0 Å². The Morgan fingerprint density at radius 3 is 2.64 bits per heavy atom. The van der Waals surface area contributed by atoms with Gasteiger partial charge in [0, 0.05) is 5.56 Å². The Labute approximate surface area is 90.5 Å². The monoisotopic (exact) mass is 262 g/mol. The zero-order valence-electron chi connectivity index (χ0n) is 7.74. The van der Waals surface area contributed by atoms with E-state index in [0.717, 1.165) is 0 Å². The maximum absolute atomic E-state index is 13.4. The summed E-state index contributed by atoms with van der Waals surface area (Å²) in [6.45, 7) is 1.73. The van der Waals surface area contributed by atoms with Crippen molar-refractivity contribution in [2.45, 2.75) is 25.6 Å². The number of aliphatic hydroxyl groups is 2. The third-order valence-electron chi connectivity index (χ3n) is 2.08. The van der Waals surface area contributed by atoms with Crippen LogP contribution in [0.3, 0.4) is 0 Å². The zero-order valence-corrected chi connectivity index (χ0v) is 9.33. The van der Waals surface area contributed by atoms with Crippen molar-refractivity contribution in [1.82, 2.24) is 0 Å². The van der Waals surface area contributed by atoms with Crippen molar-refractivity contribution in [1.29, 1.82) is 0 Å². The second-order valence-corrected chi connectivity index (χ2v) is 3.92. The van der Waals surface area contributed by atoms with Crippen molar-refractivity contribution in [3.63, 3.8) is 0 Å². The Morgan fingerprint density at radius 1 is 1.43 bits per heavy atom. The van der Waals surface area contributed by atoms with E-state index in [4.69, 9.17) is 0 Å². The van der Waals surface area contributed by atoms with Gasteiger partial charge in [0.1, 0.15) is 11.9 Å². The summed E-state index contributed by atoms with van der Waals surface area (Å²) in [5, 5.41) is 18.9. The molecule has 1 aromatic rings. The molecular weight excluding hydrogens is 251 g/mol. The van der Waals surface area contributed by atoms with Crippen LogP contribution in [0.25, 0.3) is 0 Å². The Bertz CT molecular complexity index is 317. The fourth-order valence-electron chi connectivity index (χ4n) is 1.18. The molecule has 0 amide bonds. The van der Waals surface area contributed by atoms with Gasteiger partial charge in [0.2, 0.25) is 0 Å². The minimum Gasteiger partial charge on any atom is -0.390 e. The predicted octanol–water partition coefficient (Wildman–Crippen LogP) is 2.39. The number of hydrogen-bond donors (Lipinski definition) is 2. The second-order valence-electron chi connectivity index (χ2n) is 3.06. The number of benzene rings is 1. The minimum absolute atomic E-state index is 0.119. The molecule has 2 unspecified atom stereocenters. The van der Waals surface area contributed by atoms with Gasteiger partial charge in [-0.15, -0.1) is 0 Å². The largest absolute Gasteiger partial charge is 0.390 e. The molecule has 2 nitrogen and oxygen atoms in total. The van der Waals surface area contributed by atoms with Crippen molar-refractivity contribution in [2.24, 2.45) is 0 Å². The van der Waals surface area contributed by atoms with Crippen LogP contribution < -0.4 is 0 Å². The predicted molar refractivity (Wildman–Crippen MR) is 55.4 cm³/mol. The molecule has 0 aliphatic carbocycles. The van der Waals surface area contributed by atoms with Crippen molar-refractivity contribution in [2.75, 3.05) is 0 Å². The second kappa shape index (κ2) is 4.87. The van der Waals surface area contributed by atoms with Crippen molar-refractivity contribution in [3.8, 4) is 0 Å². The highest BCUT2D eigenvalue weighted by Gasteiger charge is 2.20. The van der Waals surface area contributed by atoms with Gasteiger partial charge in [0.25, 0.3) is 0 Å². The fourth-order valence-corrected chi connectivity index (χ4v) is 1.56. The Kier molecular flexibility index (Phi) is 4.04. The van der Waals surface area contributed by atoms with Crippen LogP contribution in [0.1, 0.15) is 25.0 Å². The molecule has 14 heavy (non-hydrogen) atoms. The minimum atomic E-state index is -1.17. The quantitative estimate of drug-likeness (QED) is 0.879. The third-order valence-corrected chi connectivity index (χ3v) is 2.70. The molecule has 0 saturated heterocycles. The van der Waals surface area contributed by atoms with Crippen molar-refractivity contribution < 1.29 is 14.6 Å². The lowest BCUT2D eigenvalue weighted by Gasteiger charge is -2.17. The summed E-state index contributed by atoms with van der Waals surface area (Å²) < 4.78 is 13.7. The van der Waals surface area contributed by atoms with Crippen molar-refractivity contribution in [3.05, 3.63) is 34.1 Å². The van der Waals surface area contributed by atoms with Gasteiger partial charge in [-0.1, -0.05) is 19.1 Å². The molecule has 0 radical (unpaired) electrons. The average molecular weight is 263 g/mol. The molecule has 1 aromatic carbocycles. The first kappa shape index (κ1) is 11.6. The van der Waals surface area contributed by atoms with Gasteiger partial charge in [-0.2, -0.15) is 0 Å². The summed E-state index contributed by atoms with van der Waals surface area (Å²) in [7, 11) is 0. The van der Waals surface area contributed by atoms with Crippen LogP contribution in [0.5, 0.6) is 0 Å². The van der Waals surface area contributed by atoms with E-state index >= 15 is 0 Å². The molecule has 0 aromatic heterocycles. The lowest BCUT2D eigenvalue weighted by Crippen LogP contribution is -2.18. The van der Waals surface area contributed by atoms with E-state index in [2.05, 4.69) is 15.9 Å². The summed E-state index contributed by atoms with van der Waals surface area (Å²) in [5.41, 5.74) is 0.119. The molecule has 78 valence electrons. The number of hydrogen-bond acceptors (Lipinski definition) is 2. The molecule has 0 heterocycles. The van der Waals surface area contributed by atoms with Crippen LogP contribution in [0.2, 0.25) is 0 Å². The normalized spacial score (nSPS) is 15.2. The number of aliphatic hydroxyl groups excluding tert-OH is 2. The zero-order chi connectivity index (χ0) is 10.7. The molecular formula is C10H12BrFO2. The Hall–Kier alpha value is -0.450. The highest BCUT2D eigenvalue weighted by molar-refractivity contribution is 9.10. The summed E-state index contributed by atoms with van der Waals surface area (Å²) in [6.07, 6.45) is -1.72. The first-order chi connectivity index (χ1) is 6.57. The smallest absolute Gasteiger partial charge is 0.143 e. The van der Waals surface area contributed by atoms with E-state index in [1.165, 1.54) is 6.07 Å². The molecule has 4 heteroatoms. The van der Waals surface area contributed by atoms with E-state index < -0.39 is 18.0 Å². The lowest BCUT2D eigenvalue weighted by molar-refractivity contribution is 0.0143. The molecule has 0 fully saturated rings. The Morgan fingerprint density at radius 2 is 2.07 bits per heavy atom. The SMILES string of the molecule is CCC(O)C(O)c1cccc(Br)c1F. The molecule has 0 aliphatic rings. The molecule has 2 atom stereocenters. The van der Waals surface area contributed by atoms with E-state index in [-0.39, 0.29) is 10.0 Å². The van der Waals surface area contributed by atoms with Gasteiger partial charge in [0.15, 0.2) is 0 Å². The van der Waals surface area contributed by atoms with E-state index in [1.807, 2.05) is 0 Å². The summed E-state index contributed by atoms with van der Waals surface area (Å²) in [6, 6.07) is 4.63. The number of rotatable bonds is 3. The fraction of sp³-hybridized carbons (Fsp3) is 0.400. The molecule has 0 saturated carbocycles. The van der Waals surface area contributed by atoms with Gasteiger partial charge < -0.3 is 10.2 Å². The van der Waals surface area contributed by atoms with E-state index in [1.54, 1.807) is 19.1 Å². The van der Waals surface area contributed by atoms with Gasteiger partial charge in [0.05, 0.1) is 10.6 Å². The standard InChI is InChI=1S/C10H12BrFO2/c1-2-8(13)10(14)6-4-3-5-7(11)9(6)12/h3-5,8,10,13-14H,2H2,1H3. The highest BCUT2D eigenvalue weighted by Crippen LogP contribution is 2.26. The molecule has 0 bridgehead atoms. The first-order valence-corrected chi connectivity index (χ1v) is 5.17. The van der Waals surface area contributed by atoms with Crippen LogP contribution in [0.15, 0.2) is 22.7 Å². The maximum Gasteiger partial charge on any atom is 0.143 e. The molecule has 0 spiro atoms. The maximum atomic E-state index is 13.4. The summed E-state index contributed by atoms with van der Waals surface area (Å²) in [5.74, 6) is -0.521. The van der Waals surface area contributed by atoms with E-state index in [0.29, 0.717) is 6.42 Å². The van der Waals surface area contributed by atoms with E-state index in [9.17, 15) is 14.6 Å². The van der Waals surface area contributed by atoms with Crippen LogP contribution in [-0.4, -0.2) is 16.3 Å². The Balaban J connectivity index is 3.01. The third kappa shape index (κ3) is 2.32. The first-order valence-electron chi connectivity index (χ1n) is 4.38. The lowest BCUT2D eigenvalue weighted by atomic mass is 10.0. The van der Waals surface area contributed by atoms with Crippen LogP contribution in [-0.2, 0) is 0 Å². The summed E-state index contributed by atoms with van der Waals surface area (Å²) in [4.78, 5) is 0. The molecule has 2 N–H and O–H groups in total. The highest BCUT2D eigenvalue weighted by atomic mass is 79.9. The van der Waals surface area contributed by atoms with Crippen LogP contribution in [0.4, 0.5) is 4.39 Å². The molecule has 0 aliphatic heterocycles. The topological polar surface area (TPSA) is 40.5 Å². The van der Waals surface area contributed by atoms with Crippen molar-refractivity contribution >= 4 is 15.9 Å². The van der Waals surface area contributed by atoms with Gasteiger partial charge in [-0.05, 0) is 28.4 Å². The number of halogens is 2. The van der Waals surface area contributed by atoms with Crippen LogP contribution in [0, 0.1) is 5.82 Å². The average Bonchev–Trinajstić information content (AvgIpc) is 2.20. The summed E-state index contributed by atoms with van der Waals surface area (Å²) >= 11 is 3.02. The molecule has 1 rings (SSSR count).